The van der Waals surface area contributed by atoms with Gasteiger partial charge in [0.1, 0.15) is 18.1 Å². The van der Waals surface area contributed by atoms with Gasteiger partial charge in [0, 0.05) is 57.6 Å². The fourth-order valence-electron chi connectivity index (χ4n) is 3.02. The molecule has 0 aliphatic carbocycles. The third-order valence-corrected chi connectivity index (χ3v) is 4.61. The van der Waals surface area contributed by atoms with Crippen LogP contribution in [0.1, 0.15) is 5.69 Å². The molecule has 1 aliphatic rings. The maximum absolute atomic E-state index is 5.82. The van der Waals surface area contributed by atoms with E-state index in [1.165, 1.54) is 5.69 Å². The van der Waals surface area contributed by atoms with Gasteiger partial charge in [0.2, 0.25) is 0 Å². The average Bonchev–Trinajstić information content (AvgIpc) is 2.69. The summed E-state index contributed by atoms with van der Waals surface area (Å²) in [6, 6.07) is 13.9. The van der Waals surface area contributed by atoms with Gasteiger partial charge in [-0.3, -0.25) is 9.88 Å². The Balaban J connectivity index is 1.31. The highest BCUT2D eigenvalue weighted by molar-refractivity contribution is 5.31. The molecule has 1 fully saturated rings. The largest absolute Gasteiger partial charge is 0.497 e. The Labute approximate surface area is 150 Å². The zero-order chi connectivity index (χ0) is 17.3. The Bertz CT molecular complexity index is 611. The molecule has 2 heterocycles. The summed E-state index contributed by atoms with van der Waals surface area (Å²) >= 11 is 0. The van der Waals surface area contributed by atoms with Crippen LogP contribution < -0.4 is 9.47 Å². The van der Waals surface area contributed by atoms with Crippen LogP contribution in [0.5, 0.6) is 11.5 Å². The van der Waals surface area contributed by atoms with Crippen molar-refractivity contribution in [2.45, 2.75) is 6.42 Å². The normalized spacial score (nSPS) is 15.9. The molecule has 25 heavy (non-hydrogen) atoms. The van der Waals surface area contributed by atoms with Crippen molar-refractivity contribution < 1.29 is 9.47 Å². The number of hydrogen-bond donors (Lipinski definition) is 0. The van der Waals surface area contributed by atoms with E-state index in [0.29, 0.717) is 0 Å². The highest BCUT2D eigenvalue weighted by Crippen LogP contribution is 2.17. The summed E-state index contributed by atoms with van der Waals surface area (Å²) in [7, 11) is 1.67. The molecule has 2 aromatic rings. The van der Waals surface area contributed by atoms with E-state index < -0.39 is 0 Å². The molecule has 3 rings (SSSR count). The van der Waals surface area contributed by atoms with Gasteiger partial charge in [-0.1, -0.05) is 6.07 Å². The van der Waals surface area contributed by atoms with Crippen LogP contribution in [0.15, 0.2) is 48.7 Å². The number of ether oxygens (including phenoxy) is 2. The maximum Gasteiger partial charge on any atom is 0.119 e. The van der Waals surface area contributed by atoms with Gasteiger partial charge in [0.05, 0.1) is 7.11 Å². The minimum atomic E-state index is 0.722. The monoisotopic (exact) mass is 341 g/mol. The standard InChI is InChI=1S/C20H27N3O2/c1-24-19-5-7-20(8-6-19)25-17-16-23-14-12-22(13-15-23)11-9-18-4-2-3-10-21-18/h2-8,10H,9,11-17H2,1H3. The SMILES string of the molecule is COc1ccc(OCCN2CCN(CCc3ccccn3)CC2)cc1. The Morgan fingerprint density at radius 1 is 0.880 bits per heavy atom. The molecular formula is C20H27N3O2. The van der Waals surface area contributed by atoms with Gasteiger partial charge in [-0.2, -0.15) is 0 Å². The number of hydrogen-bond acceptors (Lipinski definition) is 5. The maximum atomic E-state index is 5.82. The molecule has 5 heteroatoms. The number of piperazine rings is 1. The Kier molecular flexibility index (Phi) is 6.65. The lowest BCUT2D eigenvalue weighted by atomic mass is 10.2. The quantitative estimate of drug-likeness (QED) is 0.737. The molecule has 134 valence electrons. The van der Waals surface area contributed by atoms with Crippen LogP contribution in [0.2, 0.25) is 0 Å². The summed E-state index contributed by atoms with van der Waals surface area (Å²) in [5, 5.41) is 0. The third-order valence-electron chi connectivity index (χ3n) is 4.61. The van der Waals surface area contributed by atoms with Gasteiger partial charge in [-0.05, 0) is 36.4 Å². The van der Waals surface area contributed by atoms with E-state index in [1.807, 2.05) is 36.5 Å². The number of aromatic nitrogens is 1. The summed E-state index contributed by atoms with van der Waals surface area (Å²) in [6.45, 7) is 7.24. The second-order valence-electron chi connectivity index (χ2n) is 6.28. The Hall–Kier alpha value is -2.11. The van der Waals surface area contributed by atoms with Crippen LogP contribution in [0.4, 0.5) is 0 Å². The van der Waals surface area contributed by atoms with Gasteiger partial charge in [-0.15, -0.1) is 0 Å². The van der Waals surface area contributed by atoms with Gasteiger partial charge < -0.3 is 14.4 Å². The molecule has 1 saturated heterocycles. The zero-order valence-corrected chi connectivity index (χ0v) is 14.9. The molecule has 0 bridgehead atoms. The molecule has 0 radical (unpaired) electrons. The van der Waals surface area contributed by atoms with Crippen LogP contribution >= 0.6 is 0 Å². The van der Waals surface area contributed by atoms with Crippen molar-refractivity contribution in [1.29, 1.82) is 0 Å². The van der Waals surface area contributed by atoms with E-state index >= 15 is 0 Å². The molecule has 0 unspecified atom stereocenters. The minimum absolute atomic E-state index is 0.722. The Morgan fingerprint density at radius 3 is 2.20 bits per heavy atom. The summed E-state index contributed by atoms with van der Waals surface area (Å²) in [6.07, 6.45) is 2.90. The number of benzene rings is 1. The van der Waals surface area contributed by atoms with Crippen LogP contribution in [-0.2, 0) is 6.42 Å². The van der Waals surface area contributed by atoms with Crippen LogP contribution in [-0.4, -0.2) is 67.8 Å². The molecular weight excluding hydrogens is 314 g/mol. The average molecular weight is 341 g/mol. The molecule has 0 saturated carbocycles. The molecule has 1 aromatic carbocycles. The highest BCUT2D eigenvalue weighted by atomic mass is 16.5. The first-order chi connectivity index (χ1) is 12.3. The van der Waals surface area contributed by atoms with E-state index in [2.05, 4.69) is 26.9 Å². The van der Waals surface area contributed by atoms with Crippen molar-refractivity contribution in [1.82, 2.24) is 14.8 Å². The third kappa shape index (κ3) is 5.73. The van der Waals surface area contributed by atoms with Crippen LogP contribution in [0.3, 0.4) is 0 Å². The van der Waals surface area contributed by atoms with E-state index in [-0.39, 0.29) is 0 Å². The van der Waals surface area contributed by atoms with Gasteiger partial charge in [-0.25, -0.2) is 0 Å². The van der Waals surface area contributed by atoms with Crippen molar-refractivity contribution in [3.8, 4) is 11.5 Å². The topological polar surface area (TPSA) is 37.8 Å². The molecule has 0 atom stereocenters. The lowest BCUT2D eigenvalue weighted by molar-refractivity contribution is 0.117. The van der Waals surface area contributed by atoms with E-state index in [1.54, 1.807) is 7.11 Å². The van der Waals surface area contributed by atoms with E-state index in [0.717, 1.165) is 63.8 Å². The zero-order valence-electron chi connectivity index (χ0n) is 14.9. The highest BCUT2D eigenvalue weighted by Gasteiger charge is 2.16. The number of pyridine rings is 1. The van der Waals surface area contributed by atoms with E-state index in [9.17, 15) is 0 Å². The van der Waals surface area contributed by atoms with Crippen LogP contribution in [0.25, 0.3) is 0 Å². The molecule has 1 aliphatic heterocycles. The predicted octanol–water partition coefficient (Wildman–Crippen LogP) is 2.33. The fourth-order valence-corrected chi connectivity index (χ4v) is 3.02. The van der Waals surface area contributed by atoms with Crippen molar-refractivity contribution in [3.05, 3.63) is 54.4 Å². The van der Waals surface area contributed by atoms with Crippen molar-refractivity contribution in [2.75, 3.05) is 53.0 Å². The Morgan fingerprint density at radius 2 is 1.56 bits per heavy atom. The predicted molar refractivity (Wildman–Crippen MR) is 99.3 cm³/mol. The first kappa shape index (κ1) is 17.7. The molecule has 1 aromatic heterocycles. The second-order valence-corrected chi connectivity index (χ2v) is 6.28. The smallest absolute Gasteiger partial charge is 0.119 e. The molecule has 0 spiro atoms. The summed E-state index contributed by atoms with van der Waals surface area (Å²) in [4.78, 5) is 9.39. The van der Waals surface area contributed by atoms with E-state index in [4.69, 9.17) is 9.47 Å². The van der Waals surface area contributed by atoms with Gasteiger partial charge in [0.15, 0.2) is 0 Å². The number of rotatable bonds is 8. The summed E-state index contributed by atoms with van der Waals surface area (Å²) in [5.74, 6) is 1.75. The van der Waals surface area contributed by atoms with Crippen molar-refractivity contribution >= 4 is 0 Å². The number of methoxy groups -OCH3 is 1. The lowest BCUT2D eigenvalue weighted by Gasteiger charge is -2.34. The van der Waals surface area contributed by atoms with Gasteiger partial charge >= 0.3 is 0 Å². The van der Waals surface area contributed by atoms with Gasteiger partial charge in [0.25, 0.3) is 0 Å². The first-order valence-corrected chi connectivity index (χ1v) is 8.95. The molecule has 0 amide bonds. The first-order valence-electron chi connectivity index (χ1n) is 8.95. The molecule has 5 nitrogen and oxygen atoms in total. The van der Waals surface area contributed by atoms with Crippen molar-refractivity contribution in [3.63, 3.8) is 0 Å². The molecule has 0 N–H and O–H groups in total. The summed E-state index contributed by atoms with van der Waals surface area (Å²) in [5.41, 5.74) is 1.18. The minimum Gasteiger partial charge on any atom is -0.497 e. The second kappa shape index (κ2) is 9.39. The lowest BCUT2D eigenvalue weighted by Crippen LogP contribution is -2.47. The summed E-state index contributed by atoms with van der Waals surface area (Å²) < 4.78 is 11.0. The fraction of sp³-hybridized carbons (Fsp3) is 0.450. The number of nitrogens with zero attached hydrogens (tertiary/aromatic N) is 3. The van der Waals surface area contributed by atoms with Crippen molar-refractivity contribution in [2.24, 2.45) is 0 Å². The van der Waals surface area contributed by atoms with Crippen LogP contribution in [0, 0.1) is 0 Å².